The summed E-state index contributed by atoms with van der Waals surface area (Å²) in [5.74, 6) is 0.613. The Balaban J connectivity index is 4.79. The van der Waals surface area contributed by atoms with Crippen molar-refractivity contribution in [2.75, 3.05) is 0 Å². The van der Waals surface area contributed by atoms with Gasteiger partial charge in [-0.15, -0.1) is 0 Å². The number of hydrogen-bond acceptors (Lipinski definition) is 1. The maximum Gasteiger partial charge on any atom is 0.0317 e. The molecule has 1 nitrogen and oxygen atoms in total. The van der Waals surface area contributed by atoms with Gasteiger partial charge in [0.2, 0.25) is 0 Å². The summed E-state index contributed by atoms with van der Waals surface area (Å²) in [7, 11) is 0. The second-order valence-corrected chi connectivity index (χ2v) is 4.42. The minimum absolute atomic E-state index is 0.613. The number of hydrogen-bond donors (Lipinski definition) is 1. The normalized spacial score (nSPS) is 14.7. The van der Waals surface area contributed by atoms with Crippen molar-refractivity contribution < 1.29 is 0 Å². The molecule has 0 saturated heterocycles. The lowest BCUT2D eigenvalue weighted by molar-refractivity contribution is 0.523. The molecule has 1 heteroatoms. The van der Waals surface area contributed by atoms with Gasteiger partial charge in [-0.3, -0.25) is 0 Å². The van der Waals surface area contributed by atoms with Crippen molar-refractivity contribution in [3.63, 3.8) is 0 Å². The predicted molar refractivity (Wildman–Crippen MR) is 69.7 cm³/mol. The highest BCUT2D eigenvalue weighted by Crippen LogP contribution is 2.26. The van der Waals surface area contributed by atoms with Crippen LogP contribution in [0.25, 0.3) is 0 Å². The Bertz CT molecular complexity index is 225. The van der Waals surface area contributed by atoms with E-state index in [1.54, 1.807) is 0 Å². The average Bonchev–Trinajstić information content (AvgIpc) is 2.22. The molecule has 0 aromatic carbocycles. The van der Waals surface area contributed by atoms with E-state index in [-0.39, 0.29) is 0 Å². The largest absolute Gasteiger partial charge is 0.305 e. The summed E-state index contributed by atoms with van der Waals surface area (Å²) >= 11 is 0. The lowest BCUT2D eigenvalue weighted by atomic mass is 9.85. The minimum atomic E-state index is 0.613. The Kier molecular flexibility index (Phi) is 7.37. The molecule has 0 aliphatic carbocycles. The topological polar surface area (TPSA) is 23.9 Å². The summed E-state index contributed by atoms with van der Waals surface area (Å²) in [6, 6.07) is 0. The molecule has 0 saturated carbocycles. The number of unbranched alkanes of at least 4 members (excludes halogenated alkanes) is 1. The smallest absolute Gasteiger partial charge is 0.0317 e. The molecule has 0 aromatic heterocycles. The zero-order valence-electron chi connectivity index (χ0n) is 11.1. The zero-order chi connectivity index (χ0) is 11.8. The van der Waals surface area contributed by atoms with Crippen molar-refractivity contribution in [3.8, 4) is 0 Å². The van der Waals surface area contributed by atoms with Crippen molar-refractivity contribution in [2.45, 2.75) is 66.7 Å². The lowest BCUT2D eigenvalue weighted by Gasteiger charge is -2.20. The van der Waals surface area contributed by atoms with E-state index in [2.05, 4.69) is 27.7 Å². The molecular weight excluding hydrogens is 182 g/mol. The van der Waals surface area contributed by atoms with E-state index in [9.17, 15) is 0 Å². The molecule has 0 aliphatic heterocycles. The maximum absolute atomic E-state index is 7.90. The molecule has 0 aliphatic rings. The second kappa shape index (κ2) is 7.67. The Morgan fingerprint density at radius 3 is 2.07 bits per heavy atom. The Hall–Kier alpha value is -0.590. The van der Waals surface area contributed by atoms with Crippen LogP contribution in [0, 0.1) is 11.3 Å². The average molecular weight is 209 g/mol. The van der Waals surface area contributed by atoms with Gasteiger partial charge in [0.05, 0.1) is 0 Å². The van der Waals surface area contributed by atoms with Gasteiger partial charge in [-0.1, -0.05) is 39.2 Å². The first-order valence-corrected chi connectivity index (χ1v) is 6.33. The van der Waals surface area contributed by atoms with Gasteiger partial charge in [-0.05, 0) is 44.6 Å². The van der Waals surface area contributed by atoms with Gasteiger partial charge < -0.3 is 5.41 Å². The minimum Gasteiger partial charge on any atom is -0.305 e. The van der Waals surface area contributed by atoms with Gasteiger partial charge in [-0.2, -0.15) is 0 Å². The molecule has 1 N–H and O–H groups in total. The summed E-state index contributed by atoms with van der Waals surface area (Å²) in [5.41, 5.74) is 3.51. The first-order valence-electron chi connectivity index (χ1n) is 6.33. The number of nitrogens with one attached hydrogen (secondary N) is 1. The number of rotatable bonds is 7. The molecule has 1 unspecified atom stereocenters. The molecule has 0 amide bonds. The van der Waals surface area contributed by atoms with E-state index < -0.39 is 0 Å². The molecule has 0 bridgehead atoms. The summed E-state index contributed by atoms with van der Waals surface area (Å²) in [4.78, 5) is 0. The van der Waals surface area contributed by atoms with E-state index >= 15 is 0 Å². The van der Waals surface area contributed by atoms with Crippen LogP contribution >= 0.6 is 0 Å². The van der Waals surface area contributed by atoms with Gasteiger partial charge in [0, 0.05) is 5.71 Å². The van der Waals surface area contributed by atoms with Crippen LogP contribution in [0.1, 0.15) is 66.7 Å². The van der Waals surface area contributed by atoms with Crippen LogP contribution in [-0.2, 0) is 0 Å². The van der Waals surface area contributed by atoms with Crippen molar-refractivity contribution in [1.29, 1.82) is 5.41 Å². The van der Waals surface area contributed by atoms with Gasteiger partial charge in [0.1, 0.15) is 0 Å². The highest BCUT2D eigenvalue weighted by molar-refractivity contribution is 5.96. The van der Waals surface area contributed by atoms with Crippen molar-refractivity contribution in [2.24, 2.45) is 5.92 Å². The maximum atomic E-state index is 7.90. The van der Waals surface area contributed by atoms with Crippen molar-refractivity contribution in [1.82, 2.24) is 0 Å². The second-order valence-electron chi connectivity index (χ2n) is 4.42. The fourth-order valence-corrected chi connectivity index (χ4v) is 2.17. The molecule has 88 valence electrons. The molecular formula is C14H27N. The Morgan fingerprint density at radius 2 is 1.73 bits per heavy atom. The molecule has 0 radical (unpaired) electrons. The van der Waals surface area contributed by atoms with E-state index in [1.807, 2.05) is 6.92 Å². The van der Waals surface area contributed by atoms with E-state index in [0.717, 1.165) is 12.1 Å². The molecule has 15 heavy (non-hydrogen) atoms. The van der Waals surface area contributed by atoms with E-state index in [4.69, 9.17) is 5.41 Å². The molecule has 1 atom stereocenters. The third-order valence-corrected chi connectivity index (χ3v) is 3.20. The quantitative estimate of drug-likeness (QED) is 0.572. The van der Waals surface area contributed by atoms with E-state index in [0.29, 0.717) is 5.92 Å². The summed E-state index contributed by atoms with van der Waals surface area (Å²) in [5, 5.41) is 7.90. The van der Waals surface area contributed by atoms with Gasteiger partial charge in [0.25, 0.3) is 0 Å². The van der Waals surface area contributed by atoms with Crippen LogP contribution in [-0.4, -0.2) is 5.71 Å². The number of allylic oxidation sites excluding steroid dienone is 2. The first-order chi connectivity index (χ1) is 7.08. The summed E-state index contributed by atoms with van der Waals surface area (Å²) in [6.07, 6.45) is 6.03. The van der Waals surface area contributed by atoms with Crippen LogP contribution < -0.4 is 0 Å². The molecule has 0 heterocycles. The van der Waals surface area contributed by atoms with Crippen molar-refractivity contribution >= 4 is 5.71 Å². The summed E-state index contributed by atoms with van der Waals surface area (Å²) < 4.78 is 0. The fourth-order valence-electron chi connectivity index (χ4n) is 2.17. The predicted octanol–water partition coefficient (Wildman–Crippen LogP) is 4.97. The lowest BCUT2D eigenvalue weighted by Crippen LogP contribution is -2.12. The standard InChI is InChI=1S/C14H27N/c1-6-9-10-13(8-3)14(12(5)15)11(4)7-2/h13,15H,6-10H2,1-5H3. The van der Waals surface area contributed by atoms with Crippen LogP contribution in [0.15, 0.2) is 11.1 Å². The first kappa shape index (κ1) is 14.4. The molecule has 0 spiro atoms. The van der Waals surface area contributed by atoms with Gasteiger partial charge in [0.15, 0.2) is 0 Å². The highest BCUT2D eigenvalue weighted by atomic mass is 14.4. The summed E-state index contributed by atoms with van der Waals surface area (Å²) in [6.45, 7) is 10.8. The van der Waals surface area contributed by atoms with Crippen LogP contribution in [0.3, 0.4) is 0 Å². The third-order valence-electron chi connectivity index (χ3n) is 3.20. The van der Waals surface area contributed by atoms with Crippen molar-refractivity contribution in [3.05, 3.63) is 11.1 Å². The van der Waals surface area contributed by atoms with Crippen LogP contribution in [0.2, 0.25) is 0 Å². The van der Waals surface area contributed by atoms with Gasteiger partial charge in [-0.25, -0.2) is 0 Å². The Morgan fingerprint density at radius 1 is 1.13 bits per heavy atom. The Labute approximate surface area is 95.5 Å². The SMILES string of the molecule is CCCCC(CC)C(C(C)=N)=C(C)CC. The third kappa shape index (κ3) is 4.63. The van der Waals surface area contributed by atoms with E-state index in [1.165, 1.54) is 36.8 Å². The molecule has 0 aromatic rings. The van der Waals surface area contributed by atoms with Crippen LogP contribution in [0.4, 0.5) is 0 Å². The molecule has 0 rings (SSSR count). The van der Waals surface area contributed by atoms with Gasteiger partial charge >= 0.3 is 0 Å². The van der Waals surface area contributed by atoms with Crippen LogP contribution in [0.5, 0.6) is 0 Å². The fraction of sp³-hybridized carbons (Fsp3) is 0.786. The molecule has 0 fully saturated rings. The highest BCUT2D eigenvalue weighted by Gasteiger charge is 2.15. The monoisotopic (exact) mass is 209 g/mol. The zero-order valence-corrected chi connectivity index (χ0v) is 11.1.